The predicted molar refractivity (Wildman–Crippen MR) is 94.4 cm³/mol. The van der Waals surface area contributed by atoms with Crippen LogP contribution in [0.3, 0.4) is 0 Å². The summed E-state index contributed by atoms with van der Waals surface area (Å²) < 4.78 is 5.19. The number of pyridine rings is 1. The van der Waals surface area contributed by atoms with Crippen molar-refractivity contribution in [1.82, 2.24) is 10.3 Å². The minimum atomic E-state index is 0.149. The first-order valence-corrected chi connectivity index (χ1v) is 7.67. The first-order valence-electron chi connectivity index (χ1n) is 7.26. The number of hydrogen-bond acceptors (Lipinski definition) is 3. The number of aryl methyl sites for hydroxylation is 1. The van der Waals surface area contributed by atoms with Crippen LogP contribution in [0.2, 0.25) is 0 Å². The molecule has 0 aliphatic heterocycles. The van der Waals surface area contributed by atoms with Crippen LogP contribution < -0.4 is 15.4 Å². The van der Waals surface area contributed by atoms with E-state index in [1.807, 2.05) is 49.5 Å². The minimum absolute atomic E-state index is 0.149. The number of nitrogens with zero attached hydrogens (tertiary/aromatic N) is 1. The molecule has 0 saturated carbocycles. The lowest BCUT2D eigenvalue weighted by molar-refractivity contribution is 0.414. The second-order valence-corrected chi connectivity index (χ2v) is 5.46. The molecule has 0 aliphatic rings. The molecule has 0 amide bonds. The summed E-state index contributed by atoms with van der Waals surface area (Å²) in [5.74, 6) is 1.59. The van der Waals surface area contributed by atoms with E-state index in [9.17, 15) is 0 Å². The lowest BCUT2D eigenvalue weighted by Crippen LogP contribution is -2.32. The molecule has 1 aromatic heterocycles. The molecular weight excluding hydrogens is 294 g/mol. The quantitative estimate of drug-likeness (QED) is 0.821. The largest absolute Gasteiger partial charge is 0.497 e. The highest BCUT2D eigenvalue weighted by Crippen LogP contribution is 2.20. The molecule has 2 N–H and O–H groups in total. The molecule has 0 bridgehead atoms. The molecule has 0 fully saturated rings. The maximum absolute atomic E-state index is 5.37. The fourth-order valence-corrected chi connectivity index (χ4v) is 2.36. The van der Waals surface area contributed by atoms with E-state index in [0.717, 1.165) is 23.6 Å². The third-order valence-electron chi connectivity index (χ3n) is 3.38. The van der Waals surface area contributed by atoms with E-state index in [2.05, 4.69) is 22.5 Å². The molecule has 1 atom stereocenters. The van der Waals surface area contributed by atoms with Gasteiger partial charge in [0.05, 0.1) is 13.2 Å². The van der Waals surface area contributed by atoms with E-state index in [0.29, 0.717) is 5.11 Å². The van der Waals surface area contributed by atoms with Gasteiger partial charge in [-0.15, -0.1) is 0 Å². The fourth-order valence-electron chi connectivity index (χ4n) is 2.11. The molecular formula is C17H21N3OS. The van der Waals surface area contributed by atoms with Crippen molar-refractivity contribution < 1.29 is 4.74 Å². The second-order valence-electron chi connectivity index (χ2n) is 5.05. The number of rotatable bonds is 5. The third kappa shape index (κ3) is 4.43. The van der Waals surface area contributed by atoms with Crippen molar-refractivity contribution in [1.29, 1.82) is 0 Å². The Morgan fingerprint density at radius 1 is 1.23 bits per heavy atom. The van der Waals surface area contributed by atoms with Crippen molar-refractivity contribution in [3.05, 3.63) is 53.7 Å². The Labute approximate surface area is 136 Å². The summed E-state index contributed by atoms with van der Waals surface area (Å²) in [4.78, 5) is 4.29. The number of aromatic nitrogens is 1. The summed E-state index contributed by atoms with van der Waals surface area (Å²) in [5, 5.41) is 7.00. The monoisotopic (exact) mass is 315 g/mol. The highest BCUT2D eigenvalue weighted by atomic mass is 32.1. The molecule has 116 valence electrons. The SMILES string of the molecule is CCC(NC(=S)Nc1ccc(C)cn1)c1ccc(OC)cc1. The maximum Gasteiger partial charge on any atom is 0.172 e. The van der Waals surface area contributed by atoms with Crippen LogP contribution in [0.15, 0.2) is 42.6 Å². The Balaban J connectivity index is 1.99. The van der Waals surface area contributed by atoms with Crippen LogP contribution in [0.25, 0.3) is 0 Å². The third-order valence-corrected chi connectivity index (χ3v) is 3.60. The highest BCUT2D eigenvalue weighted by molar-refractivity contribution is 7.80. The summed E-state index contributed by atoms with van der Waals surface area (Å²) in [6, 6.07) is 12.1. The fraction of sp³-hybridized carbons (Fsp3) is 0.294. The number of anilines is 1. The van der Waals surface area contributed by atoms with Crippen LogP contribution in [-0.4, -0.2) is 17.2 Å². The smallest absolute Gasteiger partial charge is 0.172 e. The average Bonchev–Trinajstić information content (AvgIpc) is 2.55. The van der Waals surface area contributed by atoms with E-state index >= 15 is 0 Å². The standard InChI is InChI=1S/C17H21N3OS/c1-4-15(13-6-8-14(21-3)9-7-13)19-17(22)20-16-10-5-12(2)11-18-16/h5-11,15H,4H2,1-3H3,(H2,18,19,20,22). The van der Waals surface area contributed by atoms with E-state index < -0.39 is 0 Å². The van der Waals surface area contributed by atoms with E-state index in [4.69, 9.17) is 17.0 Å². The Kier molecular flexibility index (Phi) is 5.72. The van der Waals surface area contributed by atoms with Gasteiger partial charge in [0.25, 0.3) is 0 Å². The van der Waals surface area contributed by atoms with Crippen molar-refractivity contribution in [2.45, 2.75) is 26.3 Å². The molecule has 0 aliphatic carbocycles. The van der Waals surface area contributed by atoms with Gasteiger partial charge in [-0.1, -0.05) is 25.1 Å². The lowest BCUT2D eigenvalue weighted by Gasteiger charge is -2.20. The minimum Gasteiger partial charge on any atom is -0.497 e. The van der Waals surface area contributed by atoms with E-state index in [1.54, 1.807) is 7.11 Å². The number of nitrogens with one attached hydrogen (secondary N) is 2. The number of benzene rings is 1. The van der Waals surface area contributed by atoms with Gasteiger partial charge in [0.2, 0.25) is 0 Å². The molecule has 1 aromatic carbocycles. The molecule has 0 saturated heterocycles. The molecule has 2 aromatic rings. The Bertz CT molecular complexity index is 611. The Morgan fingerprint density at radius 2 is 1.95 bits per heavy atom. The molecule has 5 heteroatoms. The van der Waals surface area contributed by atoms with Crippen LogP contribution in [0.4, 0.5) is 5.82 Å². The number of thiocarbonyl (C=S) groups is 1. The zero-order valence-corrected chi connectivity index (χ0v) is 13.9. The molecule has 1 unspecified atom stereocenters. The van der Waals surface area contributed by atoms with Gasteiger partial charge in [-0.3, -0.25) is 0 Å². The summed E-state index contributed by atoms with van der Waals surface area (Å²) in [7, 11) is 1.66. The summed E-state index contributed by atoms with van der Waals surface area (Å²) in [5.41, 5.74) is 2.29. The van der Waals surface area contributed by atoms with Crippen molar-refractivity contribution in [3.8, 4) is 5.75 Å². The number of hydrogen-bond donors (Lipinski definition) is 2. The van der Waals surface area contributed by atoms with Crippen molar-refractivity contribution in [3.63, 3.8) is 0 Å². The van der Waals surface area contributed by atoms with Crippen LogP contribution in [0, 0.1) is 6.92 Å². The van der Waals surface area contributed by atoms with Crippen molar-refractivity contribution in [2.24, 2.45) is 0 Å². The van der Waals surface area contributed by atoms with Gasteiger partial charge < -0.3 is 15.4 Å². The predicted octanol–water partition coefficient (Wildman–Crippen LogP) is 3.84. The van der Waals surface area contributed by atoms with Gasteiger partial charge in [-0.2, -0.15) is 0 Å². The molecule has 0 spiro atoms. The summed E-state index contributed by atoms with van der Waals surface area (Å²) >= 11 is 5.37. The van der Waals surface area contributed by atoms with Gasteiger partial charge >= 0.3 is 0 Å². The van der Waals surface area contributed by atoms with Gasteiger partial charge in [-0.25, -0.2) is 4.98 Å². The molecule has 22 heavy (non-hydrogen) atoms. The Morgan fingerprint density at radius 3 is 2.50 bits per heavy atom. The van der Waals surface area contributed by atoms with Gasteiger partial charge in [0.15, 0.2) is 5.11 Å². The number of methoxy groups -OCH3 is 1. The van der Waals surface area contributed by atoms with Crippen LogP contribution in [0.5, 0.6) is 5.75 Å². The zero-order chi connectivity index (χ0) is 15.9. The first kappa shape index (κ1) is 16.2. The topological polar surface area (TPSA) is 46.2 Å². The maximum atomic E-state index is 5.37. The molecule has 4 nitrogen and oxygen atoms in total. The molecule has 1 heterocycles. The van der Waals surface area contributed by atoms with Gasteiger partial charge in [0, 0.05) is 6.20 Å². The van der Waals surface area contributed by atoms with Crippen LogP contribution >= 0.6 is 12.2 Å². The number of ether oxygens (including phenoxy) is 1. The van der Waals surface area contributed by atoms with Crippen LogP contribution in [-0.2, 0) is 0 Å². The summed E-state index contributed by atoms with van der Waals surface area (Å²) in [6.07, 6.45) is 2.74. The van der Waals surface area contributed by atoms with Crippen LogP contribution in [0.1, 0.15) is 30.5 Å². The first-order chi connectivity index (χ1) is 10.6. The van der Waals surface area contributed by atoms with E-state index in [1.165, 1.54) is 5.56 Å². The Hall–Kier alpha value is -2.14. The van der Waals surface area contributed by atoms with Gasteiger partial charge in [-0.05, 0) is 54.9 Å². The average molecular weight is 315 g/mol. The van der Waals surface area contributed by atoms with Gasteiger partial charge in [0.1, 0.15) is 11.6 Å². The highest BCUT2D eigenvalue weighted by Gasteiger charge is 2.11. The van der Waals surface area contributed by atoms with E-state index in [-0.39, 0.29) is 6.04 Å². The summed E-state index contributed by atoms with van der Waals surface area (Å²) in [6.45, 7) is 4.12. The van der Waals surface area contributed by atoms with Crippen molar-refractivity contribution in [2.75, 3.05) is 12.4 Å². The second kappa shape index (κ2) is 7.75. The normalized spacial score (nSPS) is 11.6. The molecule has 0 radical (unpaired) electrons. The van der Waals surface area contributed by atoms with Crippen molar-refractivity contribution >= 4 is 23.1 Å². The lowest BCUT2D eigenvalue weighted by atomic mass is 10.0. The zero-order valence-electron chi connectivity index (χ0n) is 13.1. The molecule has 2 rings (SSSR count).